The van der Waals surface area contributed by atoms with Crippen LogP contribution in [0.15, 0.2) is 11.4 Å². The fourth-order valence-electron chi connectivity index (χ4n) is 1.74. The summed E-state index contributed by atoms with van der Waals surface area (Å²) in [6, 6.07) is 1.90. The van der Waals surface area contributed by atoms with Gasteiger partial charge in [-0.25, -0.2) is 0 Å². The molecule has 0 aromatic carbocycles. The highest BCUT2D eigenvalue weighted by Gasteiger charge is 2.28. The van der Waals surface area contributed by atoms with Crippen molar-refractivity contribution in [1.29, 1.82) is 0 Å². The molecule has 6 heteroatoms. The van der Waals surface area contributed by atoms with Crippen LogP contribution in [0.1, 0.15) is 24.6 Å². The van der Waals surface area contributed by atoms with Crippen LogP contribution in [0.4, 0.5) is 5.69 Å². The molecule has 3 N–H and O–H groups in total. The summed E-state index contributed by atoms with van der Waals surface area (Å²) in [4.78, 5) is 23.5. The summed E-state index contributed by atoms with van der Waals surface area (Å²) in [5, 5.41) is 10.9. The van der Waals surface area contributed by atoms with Crippen LogP contribution in [0, 0.1) is 5.92 Å². The summed E-state index contributed by atoms with van der Waals surface area (Å²) in [6.07, 6.45) is 2.07. The third-order valence-corrected chi connectivity index (χ3v) is 3.81. The second kappa shape index (κ2) is 6.68. The van der Waals surface area contributed by atoms with Crippen LogP contribution in [0.5, 0.6) is 0 Å². The molecule has 0 saturated heterocycles. The number of amides is 2. The normalized spacial score (nSPS) is 14.2. The highest BCUT2D eigenvalue weighted by atomic mass is 32.1. The third-order valence-electron chi connectivity index (χ3n) is 2.89. The van der Waals surface area contributed by atoms with Crippen molar-refractivity contribution in [2.45, 2.75) is 26.3 Å². The Bertz CT molecular complexity index is 454. The second-order valence-electron chi connectivity index (χ2n) is 4.68. The molecule has 2 rings (SSSR count). The van der Waals surface area contributed by atoms with Crippen molar-refractivity contribution in [2.24, 2.45) is 5.92 Å². The number of nitrogens with one attached hydrogen (secondary N) is 3. The van der Waals surface area contributed by atoms with E-state index in [0.29, 0.717) is 13.1 Å². The molecule has 0 unspecified atom stereocenters. The zero-order valence-electron chi connectivity index (χ0n) is 11.0. The molecule has 1 aliphatic carbocycles. The van der Waals surface area contributed by atoms with Crippen molar-refractivity contribution in [2.75, 3.05) is 18.4 Å². The molecule has 0 atom stereocenters. The number of carbonyl (C=O) groups is 2. The van der Waals surface area contributed by atoms with Gasteiger partial charge in [-0.15, -0.1) is 11.3 Å². The molecule has 2 amide bonds. The minimum absolute atomic E-state index is 0.0589. The summed E-state index contributed by atoms with van der Waals surface area (Å²) in [6.45, 7) is 3.58. The quantitative estimate of drug-likeness (QED) is 0.660. The highest BCUT2D eigenvalue weighted by molar-refractivity contribution is 7.10. The minimum Gasteiger partial charge on any atom is -0.355 e. The lowest BCUT2D eigenvalue weighted by molar-refractivity contribution is -0.122. The Hall–Kier alpha value is -1.40. The molecular weight excluding hydrogens is 262 g/mol. The van der Waals surface area contributed by atoms with E-state index in [9.17, 15) is 9.59 Å². The fraction of sp³-hybridized carbons (Fsp3) is 0.538. The van der Waals surface area contributed by atoms with Gasteiger partial charge in [-0.3, -0.25) is 9.59 Å². The van der Waals surface area contributed by atoms with Crippen molar-refractivity contribution < 1.29 is 9.59 Å². The van der Waals surface area contributed by atoms with Gasteiger partial charge in [-0.1, -0.05) is 0 Å². The topological polar surface area (TPSA) is 70.2 Å². The van der Waals surface area contributed by atoms with E-state index in [1.54, 1.807) is 11.3 Å². The maximum Gasteiger partial charge on any atom is 0.223 e. The molecule has 0 bridgehead atoms. The van der Waals surface area contributed by atoms with Gasteiger partial charge in [0, 0.05) is 37.4 Å². The van der Waals surface area contributed by atoms with Gasteiger partial charge in [0.25, 0.3) is 0 Å². The molecule has 1 aliphatic rings. The van der Waals surface area contributed by atoms with Crippen LogP contribution in [0.25, 0.3) is 0 Å². The highest BCUT2D eigenvalue weighted by Crippen LogP contribution is 2.28. The molecule has 0 spiro atoms. The lowest BCUT2D eigenvalue weighted by Crippen LogP contribution is -2.32. The number of carbonyl (C=O) groups excluding carboxylic acids is 2. The lowest BCUT2D eigenvalue weighted by atomic mass is 10.3. The number of rotatable bonds is 7. The summed E-state index contributed by atoms with van der Waals surface area (Å²) >= 11 is 1.61. The monoisotopic (exact) mass is 281 g/mol. The van der Waals surface area contributed by atoms with E-state index in [2.05, 4.69) is 16.0 Å². The van der Waals surface area contributed by atoms with Gasteiger partial charge >= 0.3 is 0 Å². The maximum atomic E-state index is 11.4. The summed E-state index contributed by atoms with van der Waals surface area (Å²) in [5.74, 6) is 0.386. The van der Waals surface area contributed by atoms with E-state index < -0.39 is 0 Å². The Morgan fingerprint density at radius 1 is 1.37 bits per heavy atom. The molecule has 1 aromatic rings. The van der Waals surface area contributed by atoms with Crippen molar-refractivity contribution >= 4 is 28.8 Å². The zero-order chi connectivity index (χ0) is 13.7. The molecule has 1 heterocycles. The van der Waals surface area contributed by atoms with Crippen LogP contribution >= 0.6 is 11.3 Å². The Kier molecular flexibility index (Phi) is 4.93. The van der Waals surface area contributed by atoms with E-state index in [-0.39, 0.29) is 17.7 Å². The van der Waals surface area contributed by atoms with Crippen molar-refractivity contribution in [3.05, 3.63) is 16.3 Å². The first-order chi connectivity index (χ1) is 9.16. The van der Waals surface area contributed by atoms with Gasteiger partial charge in [0.15, 0.2) is 0 Å². The van der Waals surface area contributed by atoms with E-state index in [1.807, 2.05) is 11.4 Å². The molecule has 1 aromatic heterocycles. The van der Waals surface area contributed by atoms with Gasteiger partial charge in [0.2, 0.25) is 11.8 Å². The Balaban J connectivity index is 1.63. The minimum atomic E-state index is -0.0589. The standard InChI is InChI=1S/C13H19N3O2S/c1-9(17)16-11-4-7-19-12(11)8-14-5-6-15-13(18)10-2-3-10/h4,7,10,14H,2-3,5-6,8H2,1H3,(H,15,18)(H,16,17). The first-order valence-corrected chi connectivity index (χ1v) is 7.37. The van der Waals surface area contributed by atoms with E-state index in [4.69, 9.17) is 0 Å². The molecule has 0 aliphatic heterocycles. The van der Waals surface area contributed by atoms with Crippen LogP contribution < -0.4 is 16.0 Å². The molecule has 104 valence electrons. The van der Waals surface area contributed by atoms with Crippen LogP contribution in [-0.4, -0.2) is 24.9 Å². The molecule has 0 radical (unpaired) electrons. The second-order valence-corrected chi connectivity index (χ2v) is 5.68. The smallest absolute Gasteiger partial charge is 0.223 e. The Morgan fingerprint density at radius 2 is 2.16 bits per heavy atom. The summed E-state index contributed by atoms with van der Waals surface area (Å²) in [5.41, 5.74) is 0.868. The summed E-state index contributed by atoms with van der Waals surface area (Å²) < 4.78 is 0. The number of hydrogen-bond acceptors (Lipinski definition) is 4. The lowest BCUT2D eigenvalue weighted by Gasteiger charge is -2.07. The number of anilines is 1. The van der Waals surface area contributed by atoms with Crippen molar-refractivity contribution in [3.8, 4) is 0 Å². The fourth-order valence-corrected chi connectivity index (χ4v) is 2.54. The van der Waals surface area contributed by atoms with E-state index in [0.717, 1.165) is 30.0 Å². The summed E-state index contributed by atoms with van der Waals surface area (Å²) in [7, 11) is 0. The Morgan fingerprint density at radius 3 is 2.84 bits per heavy atom. The van der Waals surface area contributed by atoms with Crippen LogP contribution in [-0.2, 0) is 16.1 Å². The SMILES string of the molecule is CC(=O)Nc1ccsc1CNCCNC(=O)C1CC1. The first-order valence-electron chi connectivity index (χ1n) is 6.49. The first kappa shape index (κ1) is 14.0. The van der Waals surface area contributed by atoms with Crippen LogP contribution in [0.2, 0.25) is 0 Å². The maximum absolute atomic E-state index is 11.4. The molecule has 19 heavy (non-hydrogen) atoms. The Labute approximate surface area is 116 Å². The van der Waals surface area contributed by atoms with Crippen molar-refractivity contribution in [1.82, 2.24) is 10.6 Å². The predicted molar refractivity (Wildman–Crippen MR) is 76.1 cm³/mol. The molecule has 1 fully saturated rings. The third kappa shape index (κ3) is 4.65. The molecule has 5 nitrogen and oxygen atoms in total. The average molecular weight is 281 g/mol. The molecule has 1 saturated carbocycles. The predicted octanol–water partition coefficient (Wildman–Crippen LogP) is 1.32. The average Bonchev–Trinajstić information content (AvgIpc) is 3.12. The van der Waals surface area contributed by atoms with Gasteiger partial charge in [0.1, 0.15) is 0 Å². The van der Waals surface area contributed by atoms with Gasteiger partial charge in [-0.2, -0.15) is 0 Å². The van der Waals surface area contributed by atoms with Gasteiger partial charge in [0.05, 0.1) is 5.69 Å². The zero-order valence-corrected chi connectivity index (χ0v) is 11.8. The number of thiophene rings is 1. The largest absolute Gasteiger partial charge is 0.355 e. The molecular formula is C13H19N3O2S. The van der Waals surface area contributed by atoms with E-state index >= 15 is 0 Å². The van der Waals surface area contributed by atoms with Gasteiger partial charge in [-0.05, 0) is 24.3 Å². The number of hydrogen-bond donors (Lipinski definition) is 3. The van der Waals surface area contributed by atoms with E-state index in [1.165, 1.54) is 6.92 Å². The van der Waals surface area contributed by atoms with Crippen molar-refractivity contribution in [3.63, 3.8) is 0 Å². The van der Waals surface area contributed by atoms with Gasteiger partial charge < -0.3 is 16.0 Å². The van der Waals surface area contributed by atoms with Crippen LogP contribution in [0.3, 0.4) is 0 Å².